The summed E-state index contributed by atoms with van der Waals surface area (Å²) in [5.74, 6) is -1.67. The van der Waals surface area contributed by atoms with Crippen molar-refractivity contribution in [2.24, 2.45) is 0 Å². The first-order valence-electron chi connectivity index (χ1n) is 8.75. The molecule has 0 aliphatic heterocycles. The Morgan fingerprint density at radius 1 is 0.692 bits per heavy atom. The number of hydrogen-bond acceptors (Lipinski definition) is 2. The Balaban J connectivity index is 2.19. The smallest absolute Gasteiger partial charge is 0.307 e. The number of fused-ring (bicyclic) bond motifs is 2. The van der Waals surface area contributed by atoms with Gasteiger partial charge in [0.25, 0.3) is 0 Å². The molecule has 0 unspecified atom stereocenters. The molecule has 0 heterocycles. The number of rotatable bonds is 4. The SMILES string of the molecule is CC1(C)c2ccc(CC(=O)O)cc2C(C)(C)c2ccc(CC(=O)O)cc21. The number of benzene rings is 2. The summed E-state index contributed by atoms with van der Waals surface area (Å²) < 4.78 is 0. The first-order chi connectivity index (χ1) is 12.0. The third-order valence-corrected chi connectivity index (χ3v) is 5.57. The molecule has 26 heavy (non-hydrogen) atoms. The molecule has 2 N–H and O–H groups in total. The van der Waals surface area contributed by atoms with Crippen LogP contribution in [0.15, 0.2) is 36.4 Å². The molecule has 3 rings (SSSR count). The fourth-order valence-electron chi connectivity index (χ4n) is 4.17. The van der Waals surface area contributed by atoms with Crippen molar-refractivity contribution >= 4 is 11.9 Å². The maximum Gasteiger partial charge on any atom is 0.307 e. The summed E-state index contributed by atoms with van der Waals surface area (Å²) in [6.07, 6.45) is 0.0163. The van der Waals surface area contributed by atoms with Crippen LogP contribution in [0.2, 0.25) is 0 Å². The average molecular weight is 352 g/mol. The minimum Gasteiger partial charge on any atom is -0.481 e. The maximum absolute atomic E-state index is 11.1. The Kier molecular flexibility index (Phi) is 4.18. The van der Waals surface area contributed by atoms with Gasteiger partial charge in [-0.05, 0) is 33.4 Å². The van der Waals surface area contributed by atoms with Crippen LogP contribution in [-0.2, 0) is 33.3 Å². The van der Waals surface area contributed by atoms with Crippen LogP contribution in [0.25, 0.3) is 0 Å². The molecule has 4 heteroatoms. The zero-order chi connectivity index (χ0) is 19.3. The van der Waals surface area contributed by atoms with Crippen molar-refractivity contribution in [3.63, 3.8) is 0 Å². The van der Waals surface area contributed by atoms with E-state index in [1.165, 1.54) is 0 Å². The maximum atomic E-state index is 11.1. The van der Waals surface area contributed by atoms with Crippen LogP contribution in [0, 0.1) is 0 Å². The van der Waals surface area contributed by atoms with Crippen LogP contribution in [0.1, 0.15) is 61.1 Å². The van der Waals surface area contributed by atoms with Crippen molar-refractivity contribution in [2.75, 3.05) is 0 Å². The highest BCUT2D eigenvalue weighted by molar-refractivity contribution is 5.72. The largest absolute Gasteiger partial charge is 0.481 e. The van der Waals surface area contributed by atoms with E-state index in [1.54, 1.807) is 0 Å². The zero-order valence-electron chi connectivity index (χ0n) is 15.6. The van der Waals surface area contributed by atoms with Gasteiger partial charge in [-0.3, -0.25) is 9.59 Å². The van der Waals surface area contributed by atoms with E-state index in [1.807, 2.05) is 36.4 Å². The van der Waals surface area contributed by atoms with Crippen LogP contribution in [0.3, 0.4) is 0 Å². The van der Waals surface area contributed by atoms with Crippen LogP contribution < -0.4 is 0 Å². The minimum absolute atomic E-state index is 0.00813. The highest BCUT2D eigenvalue weighted by atomic mass is 16.4. The predicted molar refractivity (Wildman–Crippen MR) is 99.8 cm³/mol. The molecule has 0 bridgehead atoms. The lowest BCUT2D eigenvalue weighted by atomic mass is 9.59. The second-order valence-corrected chi connectivity index (χ2v) is 8.15. The topological polar surface area (TPSA) is 74.6 Å². The molecular weight excluding hydrogens is 328 g/mol. The fourth-order valence-corrected chi connectivity index (χ4v) is 4.17. The number of carboxylic acids is 2. The van der Waals surface area contributed by atoms with Gasteiger partial charge in [-0.15, -0.1) is 0 Å². The fraction of sp³-hybridized carbons (Fsp3) is 0.364. The van der Waals surface area contributed by atoms with Crippen LogP contribution in [0.4, 0.5) is 0 Å². The van der Waals surface area contributed by atoms with Gasteiger partial charge in [0, 0.05) is 10.8 Å². The van der Waals surface area contributed by atoms with E-state index in [4.69, 9.17) is 10.2 Å². The number of carbonyl (C=O) groups is 2. The van der Waals surface area contributed by atoms with Crippen LogP contribution in [-0.4, -0.2) is 22.2 Å². The first kappa shape index (κ1) is 18.2. The molecule has 2 aromatic rings. The normalized spacial score (nSPS) is 16.5. The molecule has 1 aliphatic rings. The Bertz CT molecular complexity index is 831. The van der Waals surface area contributed by atoms with Gasteiger partial charge < -0.3 is 10.2 Å². The summed E-state index contributed by atoms with van der Waals surface area (Å²) >= 11 is 0. The second kappa shape index (κ2) is 5.97. The molecule has 1 aliphatic carbocycles. The monoisotopic (exact) mass is 352 g/mol. The molecule has 0 saturated heterocycles. The summed E-state index contributed by atoms with van der Waals surface area (Å²) in [5.41, 5.74) is 5.64. The van der Waals surface area contributed by atoms with E-state index in [0.717, 1.165) is 33.4 Å². The van der Waals surface area contributed by atoms with Gasteiger partial charge in [-0.2, -0.15) is 0 Å². The van der Waals surface area contributed by atoms with E-state index in [2.05, 4.69) is 27.7 Å². The number of aliphatic carboxylic acids is 2. The quantitative estimate of drug-likeness (QED) is 0.875. The van der Waals surface area contributed by atoms with Crippen molar-refractivity contribution in [1.82, 2.24) is 0 Å². The predicted octanol–water partition coefficient (Wildman–Crippen LogP) is 3.91. The third kappa shape index (κ3) is 2.90. The first-order valence-corrected chi connectivity index (χ1v) is 8.75. The van der Waals surface area contributed by atoms with E-state index in [0.29, 0.717) is 0 Å². The Hall–Kier alpha value is -2.62. The van der Waals surface area contributed by atoms with E-state index >= 15 is 0 Å². The number of hydrogen-bond donors (Lipinski definition) is 2. The summed E-state index contributed by atoms with van der Waals surface area (Å²) in [6.45, 7) is 8.56. The van der Waals surface area contributed by atoms with Crippen LogP contribution in [0.5, 0.6) is 0 Å². The number of carboxylic acid groups (broad SMARTS) is 2. The molecule has 0 aromatic heterocycles. The molecule has 0 atom stereocenters. The molecule has 0 radical (unpaired) electrons. The molecule has 0 saturated carbocycles. The summed E-state index contributed by atoms with van der Waals surface area (Å²) in [7, 11) is 0. The molecule has 0 fully saturated rings. The van der Waals surface area contributed by atoms with Gasteiger partial charge in [-0.25, -0.2) is 0 Å². The summed E-state index contributed by atoms with van der Waals surface area (Å²) in [6, 6.07) is 11.9. The van der Waals surface area contributed by atoms with Gasteiger partial charge >= 0.3 is 11.9 Å². The third-order valence-electron chi connectivity index (χ3n) is 5.57. The van der Waals surface area contributed by atoms with Crippen molar-refractivity contribution in [2.45, 2.75) is 51.4 Å². The minimum atomic E-state index is -0.837. The Morgan fingerprint density at radius 3 is 1.35 bits per heavy atom. The lowest BCUT2D eigenvalue weighted by molar-refractivity contribution is -0.137. The van der Waals surface area contributed by atoms with Crippen molar-refractivity contribution < 1.29 is 19.8 Å². The van der Waals surface area contributed by atoms with E-state index in [9.17, 15) is 9.59 Å². The summed E-state index contributed by atoms with van der Waals surface area (Å²) in [4.78, 5) is 22.2. The Morgan fingerprint density at radius 2 is 1.04 bits per heavy atom. The lowest BCUT2D eigenvalue weighted by Crippen LogP contribution is -2.37. The molecule has 136 valence electrons. The average Bonchev–Trinajstić information content (AvgIpc) is 2.52. The van der Waals surface area contributed by atoms with Gasteiger partial charge in [0.1, 0.15) is 0 Å². The molecular formula is C22H24O4. The highest BCUT2D eigenvalue weighted by Gasteiger charge is 2.41. The van der Waals surface area contributed by atoms with Gasteiger partial charge in [0.15, 0.2) is 0 Å². The summed E-state index contributed by atoms with van der Waals surface area (Å²) in [5, 5.41) is 18.2. The van der Waals surface area contributed by atoms with Gasteiger partial charge in [-0.1, -0.05) is 64.1 Å². The van der Waals surface area contributed by atoms with E-state index < -0.39 is 11.9 Å². The molecule has 0 amide bonds. The standard InChI is InChI=1S/C22H24O4/c1-21(2)15-7-5-14(12-20(25)26)10-18(15)22(3,4)16-8-6-13(9-17(16)21)11-19(23)24/h5-10H,11-12H2,1-4H3,(H,23,24)(H,25,26). The van der Waals surface area contributed by atoms with Crippen molar-refractivity contribution in [3.8, 4) is 0 Å². The van der Waals surface area contributed by atoms with Gasteiger partial charge in [0.05, 0.1) is 12.8 Å². The highest BCUT2D eigenvalue weighted by Crippen LogP contribution is 2.50. The van der Waals surface area contributed by atoms with Crippen molar-refractivity contribution in [1.29, 1.82) is 0 Å². The molecule has 4 nitrogen and oxygen atoms in total. The second-order valence-electron chi connectivity index (χ2n) is 8.15. The molecule has 2 aromatic carbocycles. The van der Waals surface area contributed by atoms with Gasteiger partial charge in [0.2, 0.25) is 0 Å². The lowest BCUT2D eigenvalue weighted by Gasteiger charge is -2.44. The Labute approximate surface area is 153 Å². The van der Waals surface area contributed by atoms with Crippen molar-refractivity contribution in [3.05, 3.63) is 69.8 Å². The van der Waals surface area contributed by atoms with E-state index in [-0.39, 0.29) is 23.7 Å². The molecule has 0 spiro atoms. The zero-order valence-corrected chi connectivity index (χ0v) is 15.6. The van der Waals surface area contributed by atoms with Crippen LogP contribution >= 0.6 is 0 Å².